The summed E-state index contributed by atoms with van der Waals surface area (Å²) in [5.74, 6) is 0.395. The summed E-state index contributed by atoms with van der Waals surface area (Å²) in [6, 6.07) is 24.1. The van der Waals surface area contributed by atoms with Crippen molar-refractivity contribution in [2.24, 2.45) is 0 Å². The molecule has 3 nitrogen and oxygen atoms in total. The van der Waals surface area contributed by atoms with E-state index in [1.54, 1.807) is 0 Å². The minimum Gasteiger partial charge on any atom is -0.456 e. The van der Waals surface area contributed by atoms with Crippen LogP contribution in [0.15, 0.2) is 102 Å². The lowest BCUT2D eigenvalue weighted by molar-refractivity contribution is 0.00578. The Morgan fingerprint density at radius 3 is 2.38 bits per heavy atom. The maximum absolute atomic E-state index is 6.45. The van der Waals surface area contributed by atoms with E-state index in [4.69, 9.17) is 13.7 Å². The van der Waals surface area contributed by atoms with E-state index in [-0.39, 0.29) is 0 Å². The Morgan fingerprint density at radius 1 is 0.786 bits per heavy atom. The molecule has 42 heavy (non-hydrogen) atoms. The third-order valence-corrected chi connectivity index (χ3v) is 9.45. The molecule has 0 saturated carbocycles. The van der Waals surface area contributed by atoms with Gasteiger partial charge in [-0.15, -0.1) is 0 Å². The molecule has 4 heteroatoms. The summed E-state index contributed by atoms with van der Waals surface area (Å²) >= 11 is 0. The van der Waals surface area contributed by atoms with Crippen LogP contribution in [-0.4, -0.2) is 18.3 Å². The molecule has 2 heterocycles. The third kappa shape index (κ3) is 4.45. The van der Waals surface area contributed by atoms with E-state index < -0.39 is 18.3 Å². The lowest BCUT2D eigenvalue weighted by atomic mass is 9.76. The molecule has 7 rings (SSSR count). The molecule has 0 bridgehead atoms. The molecule has 1 unspecified atom stereocenters. The molecule has 0 amide bonds. The largest absolute Gasteiger partial charge is 0.495 e. The van der Waals surface area contributed by atoms with Gasteiger partial charge in [-0.05, 0) is 103 Å². The first-order valence-electron chi connectivity index (χ1n) is 15.1. The molecule has 1 aliphatic heterocycles. The Morgan fingerprint density at radius 2 is 1.57 bits per heavy atom. The average Bonchev–Trinajstić information content (AvgIpc) is 3.46. The molecule has 1 atom stereocenters. The summed E-state index contributed by atoms with van der Waals surface area (Å²) in [6.07, 6.45) is 15.5. The molecule has 1 saturated heterocycles. The van der Waals surface area contributed by atoms with E-state index in [0.29, 0.717) is 5.92 Å². The van der Waals surface area contributed by atoms with E-state index in [1.165, 1.54) is 27.5 Å². The third-order valence-electron chi connectivity index (χ3n) is 9.45. The van der Waals surface area contributed by atoms with Gasteiger partial charge in [0.25, 0.3) is 0 Å². The van der Waals surface area contributed by atoms with E-state index in [9.17, 15) is 0 Å². The van der Waals surface area contributed by atoms with Gasteiger partial charge in [-0.3, -0.25) is 0 Å². The second kappa shape index (κ2) is 10.2. The van der Waals surface area contributed by atoms with Crippen LogP contribution in [0.3, 0.4) is 0 Å². The van der Waals surface area contributed by atoms with Crippen LogP contribution in [0.1, 0.15) is 64.5 Å². The van der Waals surface area contributed by atoms with Crippen molar-refractivity contribution >= 4 is 51.4 Å². The normalized spacial score (nSPS) is 21.9. The van der Waals surface area contributed by atoms with Gasteiger partial charge in [-0.25, -0.2) is 0 Å². The first-order chi connectivity index (χ1) is 20.3. The fourth-order valence-corrected chi connectivity index (χ4v) is 6.34. The van der Waals surface area contributed by atoms with Crippen LogP contribution in [0.25, 0.3) is 49.9 Å². The number of rotatable bonds is 3. The van der Waals surface area contributed by atoms with Gasteiger partial charge in [0.2, 0.25) is 0 Å². The number of allylic oxidation sites excluding steroid dienone is 5. The SMILES string of the molecule is CCC1/C=C\C=C/C/C=C\c2c1ccc1cc(-c3ccc4oc5cccc(B6OC(C)(C)C(C)(C)O6)c5c4c3)ccc21. The van der Waals surface area contributed by atoms with E-state index in [2.05, 4.69) is 126 Å². The van der Waals surface area contributed by atoms with Crippen LogP contribution >= 0.6 is 0 Å². The highest BCUT2D eigenvalue weighted by molar-refractivity contribution is 6.66. The van der Waals surface area contributed by atoms with E-state index in [1.807, 2.05) is 12.1 Å². The predicted octanol–water partition coefficient (Wildman–Crippen LogP) is 9.73. The van der Waals surface area contributed by atoms with Crippen molar-refractivity contribution in [2.45, 2.75) is 64.6 Å². The maximum atomic E-state index is 6.45. The van der Waals surface area contributed by atoms with Crippen LogP contribution in [0.4, 0.5) is 0 Å². The molecule has 0 radical (unpaired) electrons. The highest BCUT2D eigenvalue weighted by Gasteiger charge is 2.52. The lowest BCUT2D eigenvalue weighted by Crippen LogP contribution is -2.41. The zero-order valence-electron chi connectivity index (χ0n) is 25.1. The molecule has 1 aliphatic carbocycles. The minimum atomic E-state index is -0.456. The summed E-state index contributed by atoms with van der Waals surface area (Å²) in [4.78, 5) is 0. The predicted molar refractivity (Wildman–Crippen MR) is 177 cm³/mol. The minimum absolute atomic E-state index is 0.395. The molecular formula is C38H37BO3. The molecular weight excluding hydrogens is 515 g/mol. The van der Waals surface area contributed by atoms with Gasteiger partial charge in [-0.1, -0.05) is 85.8 Å². The van der Waals surface area contributed by atoms with Crippen molar-refractivity contribution in [1.82, 2.24) is 0 Å². The van der Waals surface area contributed by atoms with Crippen molar-refractivity contribution in [1.29, 1.82) is 0 Å². The monoisotopic (exact) mass is 552 g/mol. The number of furan rings is 1. The van der Waals surface area contributed by atoms with Gasteiger partial charge >= 0.3 is 7.12 Å². The highest BCUT2D eigenvalue weighted by Crippen LogP contribution is 2.39. The van der Waals surface area contributed by atoms with Gasteiger partial charge < -0.3 is 13.7 Å². The first kappa shape index (κ1) is 27.0. The summed E-state index contributed by atoms with van der Waals surface area (Å²) in [7, 11) is -0.456. The zero-order chi connectivity index (χ0) is 29.1. The van der Waals surface area contributed by atoms with Crippen molar-refractivity contribution in [3.63, 3.8) is 0 Å². The van der Waals surface area contributed by atoms with Crippen LogP contribution in [-0.2, 0) is 9.31 Å². The smallest absolute Gasteiger partial charge is 0.456 e. The van der Waals surface area contributed by atoms with Crippen LogP contribution in [0, 0.1) is 0 Å². The fourth-order valence-electron chi connectivity index (χ4n) is 6.34. The Labute approximate surface area is 248 Å². The summed E-state index contributed by atoms with van der Waals surface area (Å²) in [5.41, 5.74) is 6.96. The number of hydrogen-bond donors (Lipinski definition) is 0. The van der Waals surface area contributed by atoms with Crippen LogP contribution < -0.4 is 5.46 Å². The topological polar surface area (TPSA) is 31.6 Å². The van der Waals surface area contributed by atoms with Crippen molar-refractivity contribution < 1.29 is 13.7 Å². The van der Waals surface area contributed by atoms with Crippen molar-refractivity contribution in [3.05, 3.63) is 108 Å². The second-order valence-corrected chi connectivity index (χ2v) is 12.6. The van der Waals surface area contributed by atoms with Gasteiger partial charge in [0.15, 0.2) is 0 Å². The summed E-state index contributed by atoms with van der Waals surface area (Å²) < 4.78 is 19.2. The lowest BCUT2D eigenvalue weighted by Gasteiger charge is -2.32. The Kier molecular flexibility index (Phi) is 6.53. The molecule has 1 aromatic heterocycles. The number of hydrogen-bond acceptors (Lipinski definition) is 3. The average molecular weight is 553 g/mol. The Balaban J connectivity index is 1.34. The van der Waals surface area contributed by atoms with Crippen LogP contribution in [0.2, 0.25) is 0 Å². The molecule has 0 N–H and O–H groups in total. The van der Waals surface area contributed by atoms with Crippen LogP contribution in [0.5, 0.6) is 0 Å². The van der Waals surface area contributed by atoms with Gasteiger partial charge in [0.1, 0.15) is 11.2 Å². The maximum Gasteiger partial charge on any atom is 0.495 e. The van der Waals surface area contributed by atoms with E-state index in [0.717, 1.165) is 45.8 Å². The second-order valence-electron chi connectivity index (χ2n) is 12.6. The number of fused-ring (bicyclic) bond motifs is 6. The first-order valence-corrected chi connectivity index (χ1v) is 15.1. The van der Waals surface area contributed by atoms with Gasteiger partial charge in [-0.2, -0.15) is 0 Å². The molecule has 210 valence electrons. The van der Waals surface area contributed by atoms with E-state index >= 15 is 0 Å². The standard InChI is InChI=1S/C38H37BO3/c1-6-25-13-10-8-7-9-11-14-31-29(25)21-18-28-23-26(17-20-30(28)31)27-19-22-34-32(24-27)36-33(15-12-16-35(36)40-34)39-41-37(2,3)38(4,5)42-39/h7-8,10-25H,6,9H2,1-5H3/b8-7-,13-10-,14-11-. The Bertz CT molecular complexity index is 1900. The molecule has 4 aromatic carbocycles. The van der Waals surface area contributed by atoms with Gasteiger partial charge in [0.05, 0.1) is 11.2 Å². The quantitative estimate of drug-likeness (QED) is 0.209. The summed E-state index contributed by atoms with van der Waals surface area (Å²) in [5, 5.41) is 4.67. The summed E-state index contributed by atoms with van der Waals surface area (Å²) in [6.45, 7) is 10.6. The molecule has 2 aliphatic rings. The number of benzene rings is 4. The van der Waals surface area contributed by atoms with Crippen molar-refractivity contribution in [3.8, 4) is 11.1 Å². The fraction of sp³-hybridized carbons (Fsp3) is 0.263. The highest BCUT2D eigenvalue weighted by atomic mass is 16.7. The Hall–Kier alpha value is -3.86. The molecule has 0 spiro atoms. The van der Waals surface area contributed by atoms with Gasteiger partial charge in [0, 0.05) is 16.7 Å². The van der Waals surface area contributed by atoms with Crippen molar-refractivity contribution in [2.75, 3.05) is 0 Å². The molecule has 5 aromatic rings. The molecule has 1 fully saturated rings. The zero-order valence-corrected chi connectivity index (χ0v) is 25.1.